The van der Waals surface area contributed by atoms with Crippen molar-refractivity contribution in [3.05, 3.63) is 86.7 Å². The first-order valence-electron chi connectivity index (χ1n) is 17.8. The Morgan fingerprint density at radius 2 is 1.81 bits per heavy atom. The van der Waals surface area contributed by atoms with Crippen LogP contribution in [-0.2, 0) is 60.4 Å². The van der Waals surface area contributed by atoms with E-state index >= 15 is 0 Å². The number of anilines is 1. The first-order valence-corrected chi connectivity index (χ1v) is 17.8. The Labute approximate surface area is 301 Å². The molecule has 4 aromatic rings. The van der Waals surface area contributed by atoms with E-state index in [0.29, 0.717) is 41.0 Å². The quantitative estimate of drug-likeness (QED) is 0.0979. The van der Waals surface area contributed by atoms with Crippen LogP contribution in [0.25, 0.3) is 22.3 Å². The number of phenolic OH excluding ortho intramolecular Hbond substituents is 1. The molecule has 2 aliphatic heterocycles. The summed E-state index contributed by atoms with van der Waals surface area (Å²) in [5, 5.41) is 13.8. The molecule has 2 aromatic heterocycles. The number of nitrogens with one attached hydrogen (secondary N) is 1. The lowest BCUT2D eigenvalue weighted by Gasteiger charge is -2.35. The highest BCUT2D eigenvalue weighted by atomic mass is 16.7. The number of benzene rings is 2. The second-order valence-corrected chi connectivity index (χ2v) is 13.5. The molecule has 2 atom stereocenters. The van der Waals surface area contributed by atoms with Crippen LogP contribution in [-0.4, -0.2) is 38.5 Å². The van der Waals surface area contributed by atoms with Gasteiger partial charge in [-0.15, -0.1) is 0 Å². The number of aromatic nitrogens is 2. The van der Waals surface area contributed by atoms with Gasteiger partial charge < -0.3 is 34.0 Å². The number of cyclic esters (lactones) is 1. The minimum atomic E-state index is -1.93. The van der Waals surface area contributed by atoms with Gasteiger partial charge in [-0.2, -0.15) is 0 Å². The number of rotatable bonds is 13. The highest BCUT2D eigenvalue weighted by Crippen LogP contribution is 2.42. The molecule has 0 saturated carbocycles. The topological polar surface area (TPSA) is 163 Å². The molecule has 2 aromatic carbocycles. The molecule has 2 N–H and O–H groups in total. The number of nitrogens with zero attached hydrogens (tertiary/aromatic N) is 2. The maximum atomic E-state index is 14.0. The van der Waals surface area contributed by atoms with Gasteiger partial charge in [0.15, 0.2) is 0 Å². The number of ketones is 1. The number of Topliss-reactive ketones (excluding diaryl/α,β-unsaturated/α-hetero) is 1. The van der Waals surface area contributed by atoms with E-state index < -0.39 is 23.6 Å². The van der Waals surface area contributed by atoms with Crippen molar-refractivity contribution < 1.29 is 38.5 Å². The van der Waals surface area contributed by atoms with Gasteiger partial charge in [-0.3, -0.25) is 9.59 Å². The Morgan fingerprint density at radius 1 is 1.04 bits per heavy atom. The zero-order valence-electron chi connectivity index (χ0n) is 29.9. The second-order valence-electron chi connectivity index (χ2n) is 13.5. The lowest BCUT2D eigenvalue weighted by Crippen LogP contribution is -2.47. The molecule has 0 bridgehead atoms. The number of pyridine rings is 2. The summed E-state index contributed by atoms with van der Waals surface area (Å²) in [5.74, 6) is -1.35. The number of fused-ring (bicyclic) bond motifs is 5. The number of hydrogen-bond acceptors (Lipinski definition) is 10. The molecule has 0 spiro atoms. The Bertz CT molecular complexity index is 2120. The van der Waals surface area contributed by atoms with E-state index in [4.69, 9.17) is 19.2 Å². The molecule has 272 valence electrons. The second kappa shape index (κ2) is 15.0. The third-order valence-corrected chi connectivity index (χ3v) is 10.0. The van der Waals surface area contributed by atoms with Crippen LogP contribution in [0.3, 0.4) is 0 Å². The molecule has 0 fully saturated rings. The number of hydrogen-bond donors (Lipinski definition) is 2. The molecule has 2 aliphatic rings. The van der Waals surface area contributed by atoms with Crippen molar-refractivity contribution in [2.75, 3.05) is 5.32 Å². The van der Waals surface area contributed by atoms with Crippen molar-refractivity contribution in [1.29, 1.82) is 0 Å². The van der Waals surface area contributed by atoms with Crippen LogP contribution in [0, 0.1) is 5.92 Å². The fourth-order valence-electron chi connectivity index (χ4n) is 7.27. The van der Waals surface area contributed by atoms with Crippen molar-refractivity contribution in [2.45, 2.75) is 98.0 Å². The number of unbranched alkanes of at least 4 members (excludes halogenated alkanes) is 2. The Balaban J connectivity index is 1.20. The SMILES string of the molecule is CCCCCC(CC(C)=O)C(=O)Nc1ccc(COC(=O)OC2(CC)C(=O)OCc3c2cc2n(c3=O)Cc3c-2nc2ccc(O)cc2c3CC)cc1. The van der Waals surface area contributed by atoms with Gasteiger partial charge in [-0.1, -0.05) is 52.2 Å². The zero-order valence-corrected chi connectivity index (χ0v) is 29.9. The smallest absolute Gasteiger partial charge is 0.508 e. The normalized spacial score (nSPS) is 16.3. The average molecular weight is 710 g/mol. The maximum Gasteiger partial charge on any atom is 0.510 e. The van der Waals surface area contributed by atoms with E-state index in [-0.39, 0.29) is 66.7 Å². The zero-order chi connectivity index (χ0) is 37.2. The minimum absolute atomic E-state index is 0.0220. The Morgan fingerprint density at radius 3 is 2.50 bits per heavy atom. The molecular formula is C40H43N3O9. The van der Waals surface area contributed by atoms with Crippen LogP contribution in [0.15, 0.2) is 53.3 Å². The summed E-state index contributed by atoms with van der Waals surface area (Å²) < 4.78 is 18.2. The van der Waals surface area contributed by atoms with Crippen molar-refractivity contribution >= 4 is 40.4 Å². The van der Waals surface area contributed by atoms with Crippen LogP contribution < -0.4 is 10.9 Å². The first kappa shape index (κ1) is 36.3. The van der Waals surface area contributed by atoms with E-state index in [1.54, 1.807) is 60.0 Å². The maximum absolute atomic E-state index is 14.0. The Hall–Kier alpha value is -5.52. The highest BCUT2D eigenvalue weighted by molar-refractivity contribution is 5.95. The lowest BCUT2D eigenvalue weighted by atomic mass is 9.85. The van der Waals surface area contributed by atoms with Crippen LogP contribution in [0.4, 0.5) is 10.5 Å². The molecule has 4 heterocycles. The van der Waals surface area contributed by atoms with Gasteiger partial charge in [-0.25, -0.2) is 14.6 Å². The van der Waals surface area contributed by atoms with E-state index in [0.717, 1.165) is 35.8 Å². The van der Waals surface area contributed by atoms with Gasteiger partial charge in [0.1, 0.15) is 24.7 Å². The number of aromatic hydroxyl groups is 1. The largest absolute Gasteiger partial charge is 0.510 e. The number of aryl methyl sites for hydroxylation is 1. The summed E-state index contributed by atoms with van der Waals surface area (Å²) in [4.78, 5) is 70.1. The summed E-state index contributed by atoms with van der Waals surface area (Å²) in [6.07, 6.45) is 3.19. The summed E-state index contributed by atoms with van der Waals surface area (Å²) in [7, 11) is 0. The summed E-state index contributed by atoms with van der Waals surface area (Å²) >= 11 is 0. The summed E-state index contributed by atoms with van der Waals surface area (Å²) in [5.41, 5.74) is 2.82. The van der Waals surface area contributed by atoms with E-state index in [9.17, 15) is 29.1 Å². The fraction of sp³-hybridized carbons (Fsp3) is 0.400. The number of amides is 1. The van der Waals surface area contributed by atoms with E-state index in [1.807, 2.05) is 6.92 Å². The predicted octanol–water partition coefficient (Wildman–Crippen LogP) is 6.82. The van der Waals surface area contributed by atoms with Crippen molar-refractivity contribution in [3.8, 4) is 17.1 Å². The molecule has 1 amide bonds. The molecule has 52 heavy (non-hydrogen) atoms. The molecule has 0 aliphatic carbocycles. The third-order valence-electron chi connectivity index (χ3n) is 10.0. The molecular weight excluding hydrogens is 666 g/mol. The van der Waals surface area contributed by atoms with Gasteiger partial charge in [0.25, 0.3) is 5.56 Å². The van der Waals surface area contributed by atoms with Crippen LogP contribution >= 0.6 is 0 Å². The number of ether oxygens (including phenoxy) is 3. The van der Waals surface area contributed by atoms with Gasteiger partial charge in [0, 0.05) is 34.5 Å². The van der Waals surface area contributed by atoms with Gasteiger partial charge in [0.2, 0.25) is 11.5 Å². The highest BCUT2D eigenvalue weighted by Gasteiger charge is 2.51. The number of carbonyl (C=O) groups is 4. The molecule has 0 radical (unpaired) electrons. The van der Waals surface area contributed by atoms with Crippen LogP contribution in [0.2, 0.25) is 0 Å². The number of esters is 1. The van der Waals surface area contributed by atoms with Crippen LogP contribution in [0.5, 0.6) is 5.75 Å². The molecule has 6 rings (SSSR count). The molecule has 2 unspecified atom stereocenters. The first-order chi connectivity index (χ1) is 25.0. The molecule has 12 nitrogen and oxygen atoms in total. The van der Waals surface area contributed by atoms with Crippen molar-refractivity contribution in [3.63, 3.8) is 0 Å². The van der Waals surface area contributed by atoms with Gasteiger partial charge in [-0.05, 0) is 73.7 Å². The van der Waals surface area contributed by atoms with Gasteiger partial charge >= 0.3 is 12.1 Å². The van der Waals surface area contributed by atoms with E-state index in [2.05, 4.69) is 12.2 Å². The van der Waals surface area contributed by atoms with E-state index in [1.165, 1.54) is 6.92 Å². The number of phenols is 1. The van der Waals surface area contributed by atoms with Crippen molar-refractivity contribution in [1.82, 2.24) is 9.55 Å². The fourth-order valence-corrected chi connectivity index (χ4v) is 7.27. The monoisotopic (exact) mass is 709 g/mol. The Kier molecular flexibility index (Phi) is 10.5. The molecule has 0 saturated heterocycles. The predicted molar refractivity (Wildman–Crippen MR) is 193 cm³/mol. The lowest BCUT2D eigenvalue weighted by molar-refractivity contribution is -0.175. The van der Waals surface area contributed by atoms with Crippen LogP contribution in [0.1, 0.15) is 94.0 Å². The molecule has 12 heteroatoms. The van der Waals surface area contributed by atoms with Gasteiger partial charge in [0.05, 0.1) is 29.0 Å². The average Bonchev–Trinajstić information content (AvgIpc) is 3.49. The summed E-state index contributed by atoms with van der Waals surface area (Å²) in [6.45, 7) is 7.02. The standard InChI is InChI=1S/C40H43N3O9/c1-5-8-9-10-25(17-23(4)44)36(46)41-26-13-11-24(12-14-26)21-51-39(49)52-40(7-3)32-19-34-35-30(20-43(34)37(47)31(32)22-50-38(40)48)28(6-2)29-18-27(45)15-16-33(29)42-35/h11-16,18-19,25,45H,5-10,17,20-22H2,1-4H3,(H,41,46). The third kappa shape index (κ3) is 6.89. The summed E-state index contributed by atoms with van der Waals surface area (Å²) in [6, 6.07) is 13.4. The van der Waals surface area contributed by atoms with Crippen molar-refractivity contribution in [2.24, 2.45) is 5.92 Å². The number of carbonyl (C=O) groups excluding carboxylic acids is 4. The minimum Gasteiger partial charge on any atom is -0.508 e.